The number of nitrogens with zero attached hydrogens (tertiary/aromatic N) is 2. The third-order valence-electron chi connectivity index (χ3n) is 5.67. The van der Waals surface area contributed by atoms with E-state index < -0.39 is 22.0 Å². The molecule has 1 atom stereocenters. The smallest absolute Gasteiger partial charge is 0.243 e. The summed E-state index contributed by atoms with van der Waals surface area (Å²) in [4.78, 5) is 27.0. The first-order valence-electron chi connectivity index (χ1n) is 10.6. The Hall–Kier alpha value is -3.23. The Morgan fingerprint density at radius 2 is 1.61 bits per heavy atom. The number of carbonyl (C=O) groups is 2. The second kappa shape index (κ2) is 10.1. The third kappa shape index (κ3) is 5.58. The summed E-state index contributed by atoms with van der Waals surface area (Å²) in [6.07, 6.45) is 0. The highest BCUT2D eigenvalue weighted by Gasteiger charge is 2.30. The fourth-order valence-electron chi connectivity index (χ4n) is 3.56. The number of sulfonamides is 1. The van der Waals surface area contributed by atoms with Gasteiger partial charge in [-0.05, 0) is 42.3 Å². The van der Waals surface area contributed by atoms with Crippen molar-refractivity contribution in [1.29, 1.82) is 0 Å². The predicted molar refractivity (Wildman–Crippen MR) is 129 cm³/mol. The van der Waals surface area contributed by atoms with Crippen molar-refractivity contribution in [1.82, 2.24) is 14.5 Å². The highest BCUT2D eigenvalue weighted by atomic mass is 32.2. The van der Waals surface area contributed by atoms with E-state index in [0.717, 1.165) is 26.2 Å². The van der Waals surface area contributed by atoms with E-state index in [2.05, 4.69) is 5.32 Å². The van der Waals surface area contributed by atoms with E-state index in [0.29, 0.717) is 0 Å². The van der Waals surface area contributed by atoms with Crippen LogP contribution in [0.15, 0.2) is 71.6 Å². The number of likely N-dealkylation sites (N-methyl/N-ethyl adjacent to an activating group) is 2. The second-order valence-electron chi connectivity index (χ2n) is 8.07. The summed E-state index contributed by atoms with van der Waals surface area (Å²) in [7, 11) is -1.03. The van der Waals surface area contributed by atoms with Crippen molar-refractivity contribution in [3.8, 4) is 0 Å². The predicted octanol–water partition coefficient (Wildman–Crippen LogP) is 2.93. The zero-order valence-corrected chi connectivity index (χ0v) is 20.1. The van der Waals surface area contributed by atoms with Crippen LogP contribution in [0.5, 0.6) is 0 Å². The summed E-state index contributed by atoms with van der Waals surface area (Å²) in [5, 5.41) is 4.28. The molecule has 0 aliphatic heterocycles. The fourth-order valence-corrected chi connectivity index (χ4v) is 4.71. The molecule has 1 N–H and O–H groups in total. The van der Waals surface area contributed by atoms with Crippen LogP contribution in [0.4, 0.5) is 0 Å². The highest BCUT2D eigenvalue weighted by molar-refractivity contribution is 7.89. The van der Waals surface area contributed by atoms with Crippen LogP contribution < -0.4 is 5.32 Å². The lowest BCUT2D eigenvalue weighted by atomic mass is 10.1. The van der Waals surface area contributed by atoms with Gasteiger partial charge in [0, 0.05) is 20.6 Å². The summed E-state index contributed by atoms with van der Waals surface area (Å²) in [5.41, 5.74) is 1.93. The van der Waals surface area contributed by atoms with E-state index in [-0.39, 0.29) is 23.9 Å². The lowest BCUT2D eigenvalue weighted by Crippen LogP contribution is -2.50. The summed E-state index contributed by atoms with van der Waals surface area (Å²) in [5.74, 6) is -0.783. The topological polar surface area (TPSA) is 86.8 Å². The molecule has 7 nitrogen and oxygen atoms in total. The van der Waals surface area contributed by atoms with Gasteiger partial charge in [0.25, 0.3) is 0 Å². The number of rotatable bonds is 8. The van der Waals surface area contributed by atoms with Crippen LogP contribution in [0.2, 0.25) is 0 Å². The molecule has 0 aliphatic carbocycles. The van der Waals surface area contributed by atoms with Crippen LogP contribution in [-0.4, -0.2) is 56.1 Å². The maximum atomic E-state index is 13.2. The summed E-state index contributed by atoms with van der Waals surface area (Å²) >= 11 is 0. The molecule has 2 amide bonds. The quantitative estimate of drug-likeness (QED) is 0.552. The molecule has 0 spiro atoms. The van der Waals surface area contributed by atoms with Gasteiger partial charge in [0.15, 0.2) is 0 Å². The number of amides is 2. The Balaban J connectivity index is 1.84. The van der Waals surface area contributed by atoms with Crippen molar-refractivity contribution < 1.29 is 18.0 Å². The van der Waals surface area contributed by atoms with Crippen LogP contribution in [0.25, 0.3) is 10.8 Å². The number of aryl methyl sites for hydroxylation is 1. The van der Waals surface area contributed by atoms with E-state index in [1.54, 1.807) is 19.1 Å². The summed E-state index contributed by atoms with van der Waals surface area (Å²) in [6.45, 7) is 3.40. The van der Waals surface area contributed by atoms with Crippen molar-refractivity contribution in [2.24, 2.45) is 0 Å². The van der Waals surface area contributed by atoms with Gasteiger partial charge in [0.2, 0.25) is 21.8 Å². The van der Waals surface area contributed by atoms with Crippen molar-refractivity contribution in [3.05, 3.63) is 77.9 Å². The maximum Gasteiger partial charge on any atom is 0.243 e. The molecule has 0 unspecified atom stereocenters. The number of hydrogen-bond donors (Lipinski definition) is 1. The first-order valence-corrected chi connectivity index (χ1v) is 12.1. The van der Waals surface area contributed by atoms with Crippen LogP contribution in [0.3, 0.4) is 0 Å². The normalized spacial score (nSPS) is 12.5. The minimum atomic E-state index is -3.90. The molecule has 0 aromatic heterocycles. The molecule has 3 rings (SSSR count). The monoisotopic (exact) mass is 467 g/mol. The largest absolute Gasteiger partial charge is 0.357 e. The third-order valence-corrected chi connectivity index (χ3v) is 7.47. The zero-order chi connectivity index (χ0) is 24.2. The zero-order valence-electron chi connectivity index (χ0n) is 19.3. The van der Waals surface area contributed by atoms with Crippen LogP contribution >= 0.6 is 0 Å². The van der Waals surface area contributed by atoms with E-state index in [9.17, 15) is 18.0 Å². The molecule has 174 valence electrons. The molecule has 0 radical (unpaired) electrons. The molecule has 0 heterocycles. The van der Waals surface area contributed by atoms with Crippen LogP contribution in [-0.2, 0) is 26.2 Å². The molecule has 0 fully saturated rings. The maximum absolute atomic E-state index is 13.2. The van der Waals surface area contributed by atoms with Gasteiger partial charge in [-0.2, -0.15) is 4.31 Å². The Morgan fingerprint density at radius 1 is 0.970 bits per heavy atom. The molecule has 33 heavy (non-hydrogen) atoms. The number of fused-ring (bicyclic) bond motifs is 1. The number of hydrogen-bond acceptors (Lipinski definition) is 4. The molecule has 0 bridgehead atoms. The Labute approximate surface area is 195 Å². The Morgan fingerprint density at radius 3 is 2.24 bits per heavy atom. The molecule has 0 aliphatic rings. The molecule has 0 saturated heterocycles. The lowest BCUT2D eigenvalue weighted by molar-refractivity contribution is -0.140. The molecule has 3 aromatic carbocycles. The number of nitrogens with one attached hydrogen (secondary N) is 1. The van der Waals surface area contributed by atoms with Gasteiger partial charge in [-0.15, -0.1) is 0 Å². The SMILES string of the molecule is CNC(=O)[C@H](C)N(Cc1ccc(C)cc1)C(=O)CN(C)S(=O)(=O)c1ccc2ccccc2c1. The summed E-state index contributed by atoms with van der Waals surface area (Å²) < 4.78 is 27.4. The van der Waals surface area contributed by atoms with Gasteiger partial charge in [0.1, 0.15) is 6.04 Å². The van der Waals surface area contributed by atoms with Crippen molar-refractivity contribution in [3.63, 3.8) is 0 Å². The number of benzene rings is 3. The fraction of sp³-hybridized carbons (Fsp3) is 0.280. The van der Waals surface area contributed by atoms with E-state index in [1.165, 1.54) is 25.1 Å². The Bertz CT molecular complexity index is 1260. The van der Waals surface area contributed by atoms with Gasteiger partial charge in [0.05, 0.1) is 11.4 Å². The van der Waals surface area contributed by atoms with Gasteiger partial charge >= 0.3 is 0 Å². The van der Waals surface area contributed by atoms with Crippen LogP contribution in [0.1, 0.15) is 18.1 Å². The minimum absolute atomic E-state index is 0.112. The highest BCUT2D eigenvalue weighted by Crippen LogP contribution is 2.21. The Kier molecular flexibility index (Phi) is 7.50. The van der Waals surface area contributed by atoms with Crippen LogP contribution in [0, 0.1) is 6.92 Å². The minimum Gasteiger partial charge on any atom is -0.357 e. The first kappa shape index (κ1) is 24.4. The van der Waals surface area contributed by atoms with E-state index in [4.69, 9.17) is 0 Å². The lowest BCUT2D eigenvalue weighted by Gasteiger charge is -2.30. The van der Waals surface area contributed by atoms with Gasteiger partial charge in [-0.1, -0.05) is 60.2 Å². The molecule has 0 saturated carbocycles. The first-order chi connectivity index (χ1) is 15.6. The number of carbonyl (C=O) groups excluding carboxylic acids is 2. The van der Waals surface area contributed by atoms with Crippen molar-refractivity contribution >= 4 is 32.6 Å². The molecular weight excluding hydrogens is 438 g/mol. The van der Waals surface area contributed by atoms with E-state index in [1.807, 2.05) is 55.5 Å². The van der Waals surface area contributed by atoms with Crippen molar-refractivity contribution in [2.75, 3.05) is 20.6 Å². The molecule has 8 heteroatoms. The average molecular weight is 468 g/mol. The summed E-state index contributed by atoms with van der Waals surface area (Å²) in [6, 6.07) is 19.2. The van der Waals surface area contributed by atoms with Gasteiger partial charge < -0.3 is 10.2 Å². The average Bonchev–Trinajstić information content (AvgIpc) is 2.82. The van der Waals surface area contributed by atoms with Gasteiger partial charge in [-0.3, -0.25) is 9.59 Å². The van der Waals surface area contributed by atoms with Crippen molar-refractivity contribution in [2.45, 2.75) is 31.3 Å². The second-order valence-corrected chi connectivity index (χ2v) is 10.1. The van der Waals surface area contributed by atoms with Gasteiger partial charge in [-0.25, -0.2) is 8.42 Å². The standard InChI is InChI=1S/C25H29N3O4S/c1-18-9-11-20(12-10-18)16-28(19(2)25(30)26-3)24(29)17-27(4)33(31,32)23-14-13-21-7-5-6-8-22(21)15-23/h5-15,19H,16-17H2,1-4H3,(H,26,30)/t19-/m0/s1. The van der Waals surface area contributed by atoms with E-state index >= 15 is 0 Å². The molecule has 3 aromatic rings. The molecular formula is C25H29N3O4S.